The van der Waals surface area contributed by atoms with Gasteiger partial charge in [-0.1, -0.05) is 44.2 Å². The Kier molecular flexibility index (Phi) is 18.6. The van der Waals surface area contributed by atoms with E-state index in [1.54, 1.807) is 70.9 Å². The summed E-state index contributed by atoms with van der Waals surface area (Å²) >= 11 is 7.09. The molecule has 8 heterocycles. The number of aliphatic carboxylic acids is 1. The van der Waals surface area contributed by atoms with Crippen LogP contribution in [-0.2, 0) is 37.1 Å². The average Bonchev–Trinajstić information content (AvgIpc) is 4.47. The quantitative estimate of drug-likeness (QED) is 0.0609. The number of fused-ring (bicyclic) bond motifs is 14. The van der Waals surface area contributed by atoms with Gasteiger partial charge in [-0.15, -0.1) is 68.0 Å². The lowest BCUT2D eigenvalue weighted by atomic mass is 10.0. The van der Waals surface area contributed by atoms with Crippen molar-refractivity contribution in [1.82, 2.24) is 66.8 Å². The fourth-order valence-electron chi connectivity index (χ4n) is 8.10. The van der Waals surface area contributed by atoms with Crippen LogP contribution >= 0.6 is 68.0 Å². The number of nitrogens with one attached hydrogen (secondary N) is 6. The molecule has 4 unspecified atom stereocenters. The van der Waals surface area contributed by atoms with Crippen LogP contribution in [0.1, 0.15) is 119 Å². The van der Waals surface area contributed by atoms with Crippen molar-refractivity contribution in [3.8, 4) is 43.4 Å². The van der Waals surface area contributed by atoms with Gasteiger partial charge in [0.1, 0.15) is 89.0 Å². The molecule has 8 N–H and O–H groups in total. The molecule has 7 aromatic heterocycles. The summed E-state index contributed by atoms with van der Waals surface area (Å²) in [6.45, 7) is 5.97. The van der Waals surface area contributed by atoms with Crippen LogP contribution < -0.4 is 31.9 Å². The number of aliphatic hydroxyl groups excluding tert-OH is 1. The van der Waals surface area contributed by atoms with Gasteiger partial charge in [-0.3, -0.25) is 28.8 Å². The van der Waals surface area contributed by atoms with Gasteiger partial charge in [0.2, 0.25) is 11.8 Å². The van der Waals surface area contributed by atoms with Crippen LogP contribution in [0, 0.1) is 12.8 Å². The Labute approximate surface area is 491 Å². The third kappa shape index (κ3) is 13.6. The summed E-state index contributed by atoms with van der Waals surface area (Å²) in [6, 6.07) is 8.19. The second-order valence-electron chi connectivity index (χ2n) is 18.6. The fourth-order valence-corrected chi connectivity index (χ4v) is 13.7. The Morgan fingerprint density at radius 3 is 2.15 bits per heavy atom. The van der Waals surface area contributed by atoms with Crippen molar-refractivity contribution >= 4 is 110 Å². The van der Waals surface area contributed by atoms with E-state index in [-0.39, 0.29) is 47.6 Å². The number of ether oxygens (including phenoxy) is 2. The molecule has 82 heavy (non-hydrogen) atoms. The number of rotatable bonds is 12. The molecule has 9 rings (SSSR count). The van der Waals surface area contributed by atoms with Gasteiger partial charge in [0.05, 0.1) is 47.9 Å². The second kappa shape index (κ2) is 26.0. The van der Waals surface area contributed by atoms with Crippen LogP contribution in [0.4, 0.5) is 4.79 Å². The number of hydrogen-bond donors (Lipinski definition) is 8. The van der Waals surface area contributed by atoms with E-state index >= 15 is 0 Å². The van der Waals surface area contributed by atoms with Crippen molar-refractivity contribution < 1.29 is 53.2 Å². The molecule has 0 saturated carbocycles. The van der Waals surface area contributed by atoms with Gasteiger partial charge in [-0.2, -0.15) is 0 Å². The molecule has 5 atom stereocenters. The Hall–Kier alpha value is -7.84. The van der Waals surface area contributed by atoms with Gasteiger partial charge in [0.25, 0.3) is 17.7 Å². The molecule has 6 amide bonds. The first-order chi connectivity index (χ1) is 39.4. The number of aryl methyl sites for hydroxylation is 1. The van der Waals surface area contributed by atoms with Crippen molar-refractivity contribution in [2.24, 2.45) is 5.92 Å². The number of amides is 6. The van der Waals surface area contributed by atoms with Gasteiger partial charge in [-0.25, -0.2) is 39.7 Å². The summed E-state index contributed by atoms with van der Waals surface area (Å²) in [5, 5.41) is 46.3. The molecule has 0 spiro atoms. The van der Waals surface area contributed by atoms with E-state index in [0.29, 0.717) is 74.4 Å². The number of carbonyl (C=O) groups excluding carboxylic acids is 6. The molecular formula is C52H51N13O11S6. The predicted octanol–water partition coefficient (Wildman–Crippen LogP) is 7.01. The van der Waals surface area contributed by atoms with Crippen molar-refractivity contribution in [3.63, 3.8) is 0 Å². The van der Waals surface area contributed by atoms with Gasteiger partial charge < -0.3 is 51.6 Å². The first-order valence-corrected chi connectivity index (χ1v) is 30.1. The number of methoxy groups -OCH3 is 1. The van der Waals surface area contributed by atoms with E-state index in [2.05, 4.69) is 46.9 Å². The molecule has 8 aromatic rings. The fraction of sp³-hybridized carbons (Fsp3) is 0.308. The number of carboxylic acids is 1. The number of benzene rings is 1. The minimum absolute atomic E-state index is 0.00373. The van der Waals surface area contributed by atoms with E-state index in [1.165, 1.54) is 55.1 Å². The zero-order chi connectivity index (χ0) is 58.4. The minimum Gasteiger partial charge on any atom is -0.480 e. The van der Waals surface area contributed by atoms with Crippen molar-refractivity contribution in [1.29, 1.82) is 0 Å². The zero-order valence-electron chi connectivity index (χ0n) is 44.3. The number of carboxylic acid groups (broad SMARTS) is 1. The zero-order valence-corrected chi connectivity index (χ0v) is 49.2. The maximum Gasteiger partial charge on any atom is 0.408 e. The normalized spacial score (nSPS) is 16.7. The van der Waals surface area contributed by atoms with Gasteiger partial charge in [-0.05, 0) is 37.5 Å². The minimum atomic E-state index is -1.29. The van der Waals surface area contributed by atoms with Crippen molar-refractivity contribution in [3.05, 3.63) is 117 Å². The Morgan fingerprint density at radius 1 is 0.695 bits per heavy atom. The van der Waals surface area contributed by atoms with Crippen molar-refractivity contribution in [2.75, 3.05) is 20.7 Å². The standard InChI is InChI=1S/C52H51N13O11S6/c1-22(2)36-50-65-39(33(82-50)17-75-6)43(70)54-15-35(67)62-40(41(68)25-10-8-7-9-11-25)49-61-32(21-80-49)47-59-30(19-79-47)38-27(12-13-28(57-38)46-56-26(18-77-46)16-76-52(74)55-23(3)51(72)73)45-60-31(20-78-45)42(69)58-29(14-34(66)53-5)48-64-37(24(4)81-48)44(71)63-36/h7-13,18-23,29,36,40-41,68H,14-17H2,1-6H3,(H,53,66)(H,54,70)(H,55,74)(H,58,69)(H,62,67)(H,63,71)(H,72,73)/t23-,29?,36?,40?,41?/m0/s1. The second-order valence-corrected chi connectivity index (χ2v) is 24.4. The topological polar surface area (TPSA) is 341 Å². The van der Waals surface area contributed by atoms with Crippen molar-refractivity contribution in [2.45, 2.75) is 77.6 Å². The third-order valence-corrected chi connectivity index (χ3v) is 18.1. The summed E-state index contributed by atoms with van der Waals surface area (Å²) in [5.74, 6) is -4.42. The molecule has 24 nitrogen and oxygen atoms in total. The molecule has 30 heteroatoms. The number of aromatic nitrogens is 7. The molecule has 0 aliphatic carbocycles. The third-order valence-electron chi connectivity index (χ3n) is 12.3. The summed E-state index contributed by atoms with van der Waals surface area (Å²) in [6.07, 6.45) is -2.45. The molecule has 0 fully saturated rings. The maximum absolute atomic E-state index is 14.3. The lowest BCUT2D eigenvalue weighted by molar-refractivity contribution is -0.138. The summed E-state index contributed by atoms with van der Waals surface area (Å²) < 4.78 is 10.7. The number of nitrogens with zero attached hydrogens (tertiary/aromatic N) is 7. The summed E-state index contributed by atoms with van der Waals surface area (Å²) in [4.78, 5) is 127. The highest BCUT2D eigenvalue weighted by molar-refractivity contribution is 7.15. The lowest BCUT2D eigenvalue weighted by Gasteiger charge is -2.23. The largest absolute Gasteiger partial charge is 0.480 e. The monoisotopic (exact) mass is 1230 g/mol. The highest BCUT2D eigenvalue weighted by atomic mass is 32.1. The SMILES string of the molecule is CNC(=O)CC1NC(=O)c2csc(n2)-c2ccc(-c3nc(COC(=O)N[C@@H](C)C(=O)O)cs3)nc2-c2csc(n2)-c2csc(n2)C(C(O)c2ccccc2)NC(=O)CNC(=O)c2nc(sc2COC)C(C(C)C)NC(=O)c2nc1sc2C. The molecule has 1 aromatic carbocycles. The van der Waals surface area contributed by atoms with E-state index in [4.69, 9.17) is 29.4 Å². The smallest absolute Gasteiger partial charge is 0.408 e. The number of carbonyl (C=O) groups is 7. The van der Waals surface area contributed by atoms with Gasteiger partial charge in [0.15, 0.2) is 0 Å². The molecule has 0 radical (unpaired) electrons. The van der Waals surface area contributed by atoms with E-state index in [1.807, 2.05) is 13.8 Å². The van der Waals surface area contributed by atoms with Gasteiger partial charge in [0, 0.05) is 46.1 Å². The van der Waals surface area contributed by atoms with E-state index in [9.17, 15) is 43.8 Å². The Morgan fingerprint density at radius 2 is 1.40 bits per heavy atom. The average molecular weight is 1230 g/mol. The van der Waals surface area contributed by atoms with Crippen LogP contribution in [0.2, 0.25) is 0 Å². The number of pyridine rings is 1. The number of aliphatic hydroxyl groups is 1. The number of hydrogen-bond acceptors (Lipinski definition) is 23. The number of thiazole rings is 6. The molecule has 10 bridgehead atoms. The van der Waals surface area contributed by atoms with E-state index < -0.39 is 78.4 Å². The Bertz CT molecular complexity index is 3680. The van der Waals surface area contributed by atoms with Crippen LogP contribution in [0.15, 0.2) is 64.0 Å². The Balaban J connectivity index is 1.11. The summed E-state index contributed by atoms with van der Waals surface area (Å²) in [7, 11) is 2.93. The number of alkyl carbamates (subject to hydrolysis) is 1. The first-order valence-electron chi connectivity index (χ1n) is 25.0. The molecule has 426 valence electrons. The highest BCUT2D eigenvalue weighted by Crippen LogP contribution is 2.40. The van der Waals surface area contributed by atoms with Crippen LogP contribution in [-0.4, -0.2) is 113 Å². The predicted molar refractivity (Wildman–Crippen MR) is 307 cm³/mol. The van der Waals surface area contributed by atoms with Crippen LogP contribution in [0.5, 0.6) is 0 Å². The maximum atomic E-state index is 14.3. The van der Waals surface area contributed by atoms with Crippen LogP contribution in [0.25, 0.3) is 43.4 Å². The molecule has 1 aliphatic heterocycles. The molecule has 1 aliphatic rings. The first kappa shape index (κ1) is 58.8. The lowest BCUT2D eigenvalue weighted by Crippen LogP contribution is -2.40. The summed E-state index contributed by atoms with van der Waals surface area (Å²) in [5.41, 5.74) is 2.94. The van der Waals surface area contributed by atoms with E-state index in [0.717, 1.165) is 34.0 Å². The van der Waals surface area contributed by atoms with Gasteiger partial charge >= 0.3 is 12.1 Å². The molecule has 0 saturated heterocycles. The molecular weight excluding hydrogens is 1180 g/mol. The highest BCUT2D eigenvalue weighted by Gasteiger charge is 2.33. The van der Waals surface area contributed by atoms with Crippen LogP contribution in [0.3, 0.4) is 0 Å².